The third-order valence-corrected chi connectivity index (χ3v) is 5.67. The van der Waals surface area contributed by atoms with Gasteiger partial charge in [-0.05, 0) is 50.4 Å². The normalized spacial score (nSPS) is 27.4. The summed E-state index contributed by atoms with van der Waals surface area (Å²) >= 11 is 0. The van der Waals surface area contributed by atoms with Crippen LogP contribution < -0.4 is 5.32 Å². The number of nitrogens with zero attached hydrogens (tertiary/aromatic N) is 3. The fourth-order valence-corrected chi connectivity index (χ4v) is 4.08. The monoisotopic (exact) mass is 358 g/mol. The molecule has 7 nitrogen and oxygen atoms in total. The van der Waals surface area contributed by atoms with Crippen molar-refractivity contribution in [3.63, 3.8) is 0 Å². The Morgan fingerprint density at radius 1 is 1.31 bits per heavy atom. The van der Waals surface area contributed by atoms with Crippen LogP contribution in [-0.2, 0) is 14.3 Å². The topological polar surface area (TPSA) is 74.8 Å². The van der Waals surface area contributed by atoms with Crippen LogP contribution in [0.1, 0.15) is 37.3 Å². The number of rotatable bonds is 4. The maximum absolute atomic E-state index is 13.3. The van der Waals surface area contributed by atoms with Gasteiger partial charge in [0.1, 0.15) is 6.61 Å². The summed E-state index contributed by atoms with van der Waals surface area (Å²) in [6, 6.07) is 3.82. The van der Waals surface area contributed by atoms with E-state index in [2.05, 4.69) is 10.3 Å². The molecule has 2 amide bonds. The van der Waals surface area contributed by atoms with Gasteiger partial charge in [-0.25, -0.2) is 0 Å². The molecule has 0 aromatic carbocycles. The average Bonchev–Trinajstić information content (AvgIpc) is 3.53. The predicted octanol–water partition coefficient (Wildman–Crippen LogP) is 0.723. The molecule has 2 atom stereocenters. The zero-order valence-electron chi connectivity index (χ0n) is 15.1. The second-order valence-electron chi connectivity index (χ2n) is 7.43. The van der Waals surface area contributed by atoms with E-state index in [0.29, 0.717) is 0 Å². The van der Waals surface area contributed by atoms with Crippen LogP contribution in [0, 0.1) is 0 Å². The number of ether oxygens (including phenoxy) is 1. The zero-order chi connectivity index (χ0) is 18.1. The number of hydrogen-bond acceptors (Lipinski definition) is 5. The Morgan fingerprint density at radius 2 is 2.08 bits per heavy atom. The summed E-state index contributed by atoms with van der Waals surface area (Å²) in [5, 5.41) is 3.33. The van der Waals surface area contributed by atoms with Gasteiger partial charge >= 0.3 is 0 Å². The average molecular weight is 358 g/mol. The van der Waals surface area contributed by atoms with Gasteiger partial charge in [0.15, 0.2) is 6.10 Å². The van der Waals surface area contributed by atoms with Gasteiger partial charge in [0, 0.05) is 31.5 Å². The van der Waals surface area contributed by atoms with Crippen molar-refractivity contribution in [2.45, 2.75) is 49.9 Å². The fraction of sp³-hybridized carbons (Fsp3) is 0.632. The van der Waals surface area contributed by atoms with Gasteiger partial charge in [-0.15, -0.1) is 0 Å². The van der Waals surface area contributed by atoms with E-state index in [1.165, 1.54) is 0 Å². The van der Waals surface area contributed by atoms with Gasteiger partial charge in [0.25, 0.3) is 5.91 Å². The van der Waals surface area contributed by atoms with Crippen LogP contribution in [-0.4, -0.2) is 71.5 Å². The van der Waals surface area contributed by atoms with E-state index in [9.17, 15) is 9.59 Å². The number of hydrogen-bond donors (Lipinski definition) is 1. The Bertz CT molecular complexity index is 658. The summed E-state index contributed by atoms with van der Waals surface area (Å²) in [4.78, 5) is 33.7. The lowest BCUT2D eigenvalue weighted by atomic mass is 9.96. The van der Waals surface area contributed by atoms with Gasteiger partial charge < -0.3 is 19.9 Å². The molecule has 2 saturated heterocycles. The predicted molar refractivity (Wildman–Crippen MR) is 95.2 cm³/mol. The van der Waals surface area contributed by atoms with Gasteiger partial charge in [-0.2, -0.15) is 0 Å². The van der Waals surface area contributed by atoms with E-state index in [-0.39, 0.29) is 30.5 Å². The molecule has 1 N–H and O–H groups in total. The maximum Gasteiger partial charge on any atom is 0.254 e. The zero-order valence-corrected chi connectivity index (χ0v) is 15.1. The Labute approximate surface area is 153 Å². The molecular weight excluding hydrogens is 332 g/mol. The lowest BCUT2D eigenvalue weighted by Gasteiger charge is -2.43. The number of morpholine rings is 1. The first-order valence-corrected chi connectivity index (χ1v) is 9.47. The van der Waals surface area contributed by atoms with Gasteiger partial charge in [-0.1, -0.05) is 6.07 Å². The lowest BCUT2D eigenvalue weighted by molar-refractivity contribution is -0.171. The molecule has 1 aromatic rings. The molecule has 26 heavy (non-hydrogen) atoms. The number of carbonyl (C=O) groups is 2. The molecule has 1 saturated carbocycles. The fourth-order valence-electron chi connectivity index (χ4n) is 4.08. The van der Waals surface area contributed by atoms with E-state index >= 15 is 0 Å². The van der Waals surface area contributed by atoms with E-state index in [0.717, 1.165) is 44.3 Å². The van der Waals surface area contributed by atoms with Crippen molar-refractivity contribution in [2.75, 3.05) is 26.7 Å². The SMILES string of the molecule is CN(C(=O)[C@H]1OCC(=O)N(C2CC2)[C@@H]1c1cccnc1)C1CCNCC1. The van der Waals surface area contributed by atoms with Crippen LogP contribution in [0.5, 0.6) is 0 Å². The van der Waals surface area contributed by atoms with Crippen molar-refractivity contribution in [3.8, 4) is 0 Å². The van der Waals surface area contributed by atoms with Crippen LogP contribution in [0.25, 0.3) is 0 Å². The van der Waals surface area contributed by atoms with E-state index in [1.54, 1.807) is 12.4 Å². The number of nitrogens with one attached hydrogen (secondary N) is 1. The number of carbonyl (C=O) groups excluding carboxylic acids is 2. The molecule has 3 fully saturated rings. The summed E-state index contributed by atoms with van der Waals surface area (Å²) in [5.74, 6) is -0.0705. The Balaban J connectivity index is 1.61. The minimum atomic E-state index is -0.669. The second-order valence-corrected chi connectivity index (χ2v) is 7.43. The van der Waals surface area contributed by atoms with Crippen LogP contribution in [0.3, 0.4) is 0 Å². The first-order valence-electron chi connectivity index (χ1n) is 9.47. The largest absolute Gasteiger partial charge is 0.356 e. The van der Waals surface area contributed by atoms with E-state index in [4.69, 9.17) is 4.74 Å². The van der Waals surface area contributed by atoms with Gasteiger partial charge in [0.05, 0.1) is 6.04 Å². The van der Waals surface area contributed by atoms with Crippen molar-refractivity contribution >= 4 is 11.8 Å². The highest BCUT2D eigenvalue weighted by Gasteiger charge is 2.48. The highest BCUT2D eigenvalue weighted by molar-refractivity contribution is 5.87. The molecule has 0 radical (unpaired) electrons. The smallest absolute Gasteiger partial charge is 0.254 e. The molecule has 1 aliphatic carbocycles. The van der Waals surface area contributed by atoms with Crippen molar-refractivity contribution < 1.29 is 14.3 Å². The van der Waals surface area contributed by atoms with E-state index in [1.807, 2.05) is 29.0 Å². The molecule has 0 unspecified atom stereocenters. The molecule has 0 spiro atoms. The van der Waals surface area contributed by atoms with Crippen LogP contribution in [0.15, 0.2) is 24.5 Å². The standard InChI is InChI=1S/C19H26N4O3/c1-22(14-6-9-20-10-7-14)19(25)18-17(13-3-2-8-21-11-13)23(15-4-5-15)16(24)12-26-18/h2-3,8,11,14-15,17-18,20H,4-7,9-10,12H2,1H3/t17-,18+/m1/s1. The van der Waals surface area contributed by atoms with Gasteiger partial charge in [0.2, 0.25) is 5.91 Å². The Kier molecular flexibility index (Phi) is 4.91. The highest BCUT2D eigenvalue weighted by Crippen LogP contribution is 2.39. The first kappa shape index (κ1) is 17.4. The van der Waals surface area contributed by atoms with E-state index < -0.39 is 12.1 Å². The summed E-state index contributed by atoms with van der Waals surface area (Å²) in [6.07, 6.45) is 6.65. The first-order chi connectivity index (χ1) is 12.7. The van der Waals surface area contributed by atoms with Gasteiger partial charge in [-0.3, -0.25) is 14.6 Å². The lowest BCUT2D eigenvalue weighted by Crippen LogP contribution is -2.57. The minimum Gasteiger partial charge on any atom is -0.356 e. The molecule has 1 aromatic heterocycles. The third kappa shape index (κ3) is 3.33. The van der Waals surface area contributed by atoms with Crippen LogP contribution >= 0.6 is 0 Å². The Hall–Kier alpha value is -1.99. The minimum absolute atomic E-state index is 0.0241. The van der Waals surface area contributed by atoms with Crippen molar-refractivity contribution in [1.29, 1.82) is 0 Å². The number of pyridine rings is 1. The second kappa shape index (κ2) is 7.32. The molecule has 0 bridgehead atoms. The number of likely N-dealkylation sites (N-methyl/N-ethyl adjacent to an activating group) is 1. The highest BCUT2D eigenvalue weighted by atomic mass is 16.5. The molecule has 4 rings (SSSR count). The van der Waals surface area contributed by atoms with Crippen molar-refractivity contribution in [1.82, 2.24) is 20.1 Å². The number of piperidine rings is 1. The summed E-state index contributed by atoms with van der Waals surface area (Å²) in [6.45, 7) is 1.82. The van der Waals surface area contributed by atoms with Crippen molar-refractivity contribution in [3.05, 3.63) is 30.1 Å². The third-order valence-electron chi connectivity index (χ3n) is 5.67. The van der Waals surface area contributed by atoms with Crippen molar-refractivity contribution in [2.24, 2.45) is 0 Å². The molecule has 7 heteroatoms. The molecule has 3 heterocycles. The number of amides is 2. The molecule has 2 aliphatic heterocycles. The van der Waals surface area contributed by atoms with Crippen LogP contribution in [0.2, 0.25) is 0 Å². The molecular formula is C19H26N4O3. The maximum atomic E-state index is 13.3. The number of aromatic nitrogens is 1. The summed E-state index contributed by atoms with van der Waals surface area (Å²) in [5.41, 5.74) is 0.865. The summed E-state index contributed by atoms with van der Waals surface area (Å²) in [7, 11) is 1.86. The quantitative estimate of drug-likeness (QED) is 0.859. The van der Waals surface area contributed by atoms with Crippen LogP contribution in [0.4, 0.5) is 0 Å². The summed E-state index contributed by atoms with van der Waals surface area (Å²) < 4.78 is 5.81. The molecule has 3 aliphatic rings. The Morgan fingerprint density at radius 3 is 2.73 bits per heavy atom. The molecule has 140 valence electrons.